The van der Waals surface area contributed by atoms with Gasteiger partial charge in [0, 0.05) is 18.7 Å². The van der Waals surface area contributed by atoms with Gasteiger partial charge in [-0.05, 0) is 49.7 Å². The molecular weight excluding hydrogens is 246 g/mol. The monoisotopic (exact) mass is 273 g/mol. The molecule has 0 spiro atoms. The lowest BCUT2D eigenvalue weighted by atomic mass is 9.83. The molecule has 2 nitrogen and oxygen atoms in total. The zero-order chi connectivity index (χ0) is 14.4. The highest BCUT2D eigenvalue weighted by atomic mass is 16.5. The van der Waals surface area contributed by atoms with E-state index in [1.54, 1.807) is 0 Å². The summed E-state index contributed by atoms with van der Waals surface area (Å²) in [4.78, 5) is 0. The Hall–Kier alpha value is -0.860. The molecule has 0 saturated carbocycles. The van der Waals surface area contributed by atoms with Crippen LogP contribution in [-0.4, -0.2) is 18.2 Å². The second kappa shape index (κ2) is 4.85. The normalized spacial score (nSPS) is 31.0. The predicted octanol–water partition coefficient (Wildman–Crippen LogP) is 3.86. The lowest BCUT2D eigenvalue weighted by Crippen LogP contribution is -2.46. The quantitative estimate of drug-likeness (QED) is 0.883. The van der Waals surface area contributed by atoms with Gasteiger partial charge in [0.15, 0.2) is 0 Å². The Morgan fingerprint density at radius 2 is 1.90 bits per heavy atom. The second-order valence-electron chi connectivity index (χ2n) is 7.76. The van der Waals surface area contributed by atoms with Crippen LogP contribution in [0, 0.1) is 5.41 Å². The summed E-state index contributed by atoms with van der Waals surface area (Å²) in [7, 11) is 0. The van der Waals surface area contributed by atoms with Gasteiger partial charge in [-0.2, -0.15) is 0 Å². The topological polar surface area (TPSA) is 21.3 Å². The van der Waals surface area contributed by atoms with Crippen molar-refractivity contribution < 1.29 is 4.74 Å². The molecule has 2 unspecified atom stereocenters. The van der Waals surface area contributed by atoms with Gasteiger partial charge in [0.2, 0.25) is 0 Å². The van der Waals surface area contributed by atoms with E-state index in [2.05, 4.69) is 57.3 Å². The first-order valence-corrected chi connectivity index (χ1v) is 7.85. The molecule has 1 aromatic carbocycles. The van der Waals surface area contributed by atoms with Gasteiger partial charge in [-0.3, -0.25) is 0 Å². The van der Waals surface area contributed by atoms with Crippen LogP contribution in [0.15, 0.2) is 24.3 Å². The highest BCUT2D eigenvalue weighted by Crippen LogP contribution is 2.45. The molecule has 1 aliphatic heterocycles. The number of fused-ring (bicyclic) bond motifs is 1. The summed E-state index contributed by atoms with van der Waals surface area (Å²) in [6.07, 6.45) is 3.40. The van der Waals surface area contributed by atoms with Gasteiger partial charge in [0.25, 0.3) is 0 Å². The average molecular weight is 273 g/mol. The minimum atomic E-state index is 0.0121. The maximum atomic E-state index is 5.84. The van der Waals surface area contributed by atoms with Crippen LogP contribution >= 0.6 is 0 Å². The molecule has 0 bridgehead atoms. The van der Waals surface area contributed by atoms with Crippen molar-refractivity contribution in [1.29, 1.82) is 0 Å². The Morgan fingerprint density at radius 3 is 2.65 bits per heavy atom. The summed E-state index contributed by atoms with van der Waals surface area (Å²) < 4.78 is 5.84. The minimum Gasteiger partial charge on any atom is -0.375 e. The first-order valence-electron chi connectivity index (χ1n) is 7.85. The Balaban J connectivity index is 1.79. The maximum Gasteiger partial charge on any atom is 0.0641 e. The zero-order valence-corrected chi connectivity index (χ0v) is 13.2. The average Bonchev–Trinajstić information content (AvgIpc) is 2.59. The van der Waals surface area contributed by atoms with Crippen molar-refractivity contribution in [1.82, 2.24) is 5.32 Å². The molecule has 3 rings (SSSR count). The van der Waals surface area contributed by atoms with Crippen molar-refractivity contribution in [3.8, 4) is 0 Å². The standard InChI is InChI=1S/C18H27NO/c1-17(2)11-13-7-5-6-8-15(13)16(17)19-14-9-10-20-18(3,4)12-14/h5-8,14,16,19H,9-12H2,1-4H3. The summed E-state index contributed by atoms with van der Waals surface area (Å²) in [5.41, 5.74) is 3.33. The maximum absolute atomic E-state index is 5.84. The van der Waals surface area contributed by atoms with E-state index in [1.165, 1.54) is 17.5 Å². The summed E-state index contributed by atoms with van der Waals surface area (Å²) in [6, 6.07) is 9.95. The van der Waals surface area contributed by atoms with Gasteiger partial charge in [-0.25, -0.2) is 0 Å². The van der Waals surface area contributed by atoms with Crippen LogP contribution < -0.4 is 5.32 Å². The van der Waals surface area contributed by atoms with Crippen LogP contribution in [0.25, 0.3) is 0 Å². The fourth-order valence-corrected chi connectivity index (χ4v) is 3.92. The van der Waals surface area contributed by atoms with Crippen LogP contribution in [0.2, 0.25) is 0 Å². The Labute approximate surface area is 122 Å². The van der Waals surface area contributed by atoms with Gasteiger partial charge in [-0.15, -0.1) is 0 Å². The summed E-state index contributed by atoms with van der Waals surface area (Å²) >= 11 is 0. The highest BCUT2D eigenvalue weighted by Gasteiger charge is 2.40. The first kappa shape index (κ1) is 14.1. The molecule has 0 aromatic heterocycles. The van der Waals surface area contributed by atoms with E-state index in [9.17, 15) is 0 Å². The zero-order valence-electron chi connectivity index (χ0n) is 13.2. The van der Waals surface area contributed by atoms with E-state index in [0.717, 1.165) is 19.4 Å². The molecule has 0 amide bonds. The summed E-state index contributed by atoms with van der Waals surface area (Å²) in [5, 5.41) is 3.94. The van der Waals surface area contributed by atoms with Gasteiger partial charge < -0.3 is 10.1 Å². The highest BCUT2D eigenvalue weighted by molar-refractivity contribution is 5.37. The van der Waals surface area contributed by atoms with Crippen molar-refractivity contribution in [3.63, 3.8) is 0 Å². The largest absolute Gasteiger partial charge is 0.375 e. The van der Waals surface area contributed by atoms with Gasteiger partial charge in [-0.1, -0.05) is 38.1 Å². The fourth-order valence-electron chi connectivity index (χ4n) is 3.92. The van der Waals surface area contributed by atoms with Crippen LogP contribution in [-0.2, 0) is 11.2 Å². The van der Waals surface area contributed by atoms with E-state index < -0.39 is 0 Å². The molecule has 1 N–H and O–H groups in total. The smallest absolute Gasteiger partial charge is 0.0641 e. The molecule has 1 saturated heterocycles. The predicted molar refractivity (Wildman–Crippen MR) is 82.9 cm³/mol. The van der Waals surface area contributed by atoms with Gasteiger partial charge in [0.05, 0.1) is 5.60 Å². The van der Waals surface area contributed by atoms with Crippen molar-refractivity contribution in [2.24, 2.45) is 5.41 Å². The van der Waals surface area contributed by atoms with E-state index in [4.69, 9.17) is 4.74 Å². The molecule has 1 aromatic rings. The number of rotatable bonds is 2. The Bertz CT molecular complexity index is 492. The molecule has 2 atom stereocenters. The van der Waals surface area contributed by atoms with E-state index in [1.807, 2.05) is 0 Å². The second-order valence-corrected chi connectivity index (χ2v) is 7.76. The molecule has 2 heteroatoms. The first-order chi connectivity index (χ1) is 9.37. The van der Waals surface area contributed by atoms with E-state index >= 15 is 0 Å². The molecule has 2 aliphatic rings. The lowest BCUT2D eigenvalue weighted by Gasteiger charge is -2.40. The van der Waals surface area contributed by atoms with Crippen molar-refractivity contribution >= 4 is 0 Å². The van der Waals surface area contributed by atoms with Crippen molar-refractivity contribution in [2.45, 2.75) is 64.6 Å². The van der Waals surface area contributed by atoms with Crippen LogP contribution in [0.3, 0.4) is 0 Å². The van der Waals surface area contributed by atoms with Crippen molar-refractivity contribution in [2.75, 3.05) is 6.61 Å². The molecule has 0 radical (unpaired) electrons. The fraction of sp³-hybridized carbons (Fsp3) is 0.667. The number of ether oxygens (including phenoxy) is 1. The van der Waals surface area contributed by atoms with E-state index in [-0.39, 0.29) is 5.60 Å². The number of benzene rings is 1. The third-order valence-corrected chi connectivity index (χ3v) is 4.89. The number of nitrogens with one attached hydrogen (secondary N) is 1. The molecule has 1 heterocycles. The lowest BCUT2D eigenvalue weighted by molar-refractivity contribution is -0.0658. The third-order valence-electron chi connectivity index (χ3n) is 4.89. The van der Waals surface area contributed by atoms with Gasteiger partial charge >= 0.3 is 0 Å². The van der Waals surface area contributed by atoms with Crippen molar-refractivity contribution in [3.05, 3.63) is 35.4 Å². The van der Waals surface area contributed by atoms with Crippen LogP contribution in [0.4, 0.5) is 0 Å². The Kier molecular flexibility index (Phi) is 3.42. The Morgan fingerprint density at radius 1 is 1.15 bits per heavy atom. The molecule has 20 heavy (non-hydrogen) atoms. The summed E-state index contributed by atoms with van der Waals surface area (Å²) in [6.45, 7) is 10.0. The number of hydrogen-bond acceptors (Lipinski definition) is 2. The van der Waals surface area contributed by atoms with E-state index in [0.29, 0.717) is 17.5 Å². The molecular formula is C18H27NO. The SMILES string of the molecule is CC1(C)CC(NC2c3ccccc3CC2(C)C)CCO1. The minimum absolute atomic E-state index is 0.0121. The van der Waals surface area contributed by atoms with Gasteiger partial charge in [0.1, 0.15) is 0 Å². The molecule has 1 fully saturated rings. The van der Waals surface area contributed by atoms with Crippen LogP contribution in [0.5, 0.6) is 0 Å². The molecule has 1 aliphatic carbocycles. The molecule has 110 valence electrons. The number of hydrogen-bond donors (Lipinski definition) is 1. The summed E-state index contributed by atoms with van der Waals surface area (Å²) in [5.74, 6) is 0. The third kappa shape index (κ3) is 2.64. The van der Waals surface area contributed by atoms with Crippen LogP contribution in [0.1, 0.15) is 57.7 Å².